The third-order valence-electron chi connectivity index (χ3n) is 5.62. The number of rotatable bonds is 5. The number of nitriles is 1. The lowest BCUT2D eigenvalue weighted by molar-refractivity contribution is -0.131. The van der Waals surface area contributed by atoms with Gasteiger partial charge in [0.15, 0.2) is 5.78 Å². The maximum atomic E-state index is 13.0. The molecule has 2 aromatic carbocycles. The molecule has 0 spiro atoms. The van der Waals surface area contributed by atoms with E-state index in [0.29, 0.717) is 41.2 Å². The van der Waals surface area contributed by atoms with Crippen LogP contribution in [0.5, 0.6) is 5.75 Å². The molecule has 0 saturated heterocycles. The van der Waals surface area contributed by atoms with Crippen LogP contribution in [0.1, 0.15) is 34.5 Å². The van der Waals surface area contributed by atoms with Crippen molar-refractivity contribution in [3.63, 3.8) is 0 Å². The lowest BCUT2D eigenvalue weighted by atomic mass is 9.84. The minimum absolute atomic E-state index is 0.0516. The van der Waals surface area contributed by atoms with Crippen molar-refractivity contribution in [2.45, 2.75) is 24.9 Å². The first-order valence-electron chi connectivity index (χ1n) is 9.87. The number of nitrogens with two attached hydrogens (primary N) is 1. The average molecular weight is 415 g/mol. The van der Waals surface area contributed by atoms with Crippen LogP contribution in [0.4, 0.5) is 0 Å². The van der Waals surface area contributed by atoms with Crippen molar-refractivity contribution in [2.24, 2.45) is 5.73 Å². The molecule has 3 N–H and O–H groups in total. The smallest absolute Gasteiger partial charge is 0.269 e. The van der Waals surface area contributed by atoms with Crippen LogP contribution in [0.15, 0.2) is 54.6 Å². The summed E-state index contributed by atoms with van der Waals surface area (Å²) >= 11 is 0. The molecule has 156 valence electrons. The zero-order chi connectivity index (χ0) is 22.2. The maximum Gasteiger partial charge on any atom is 0.269 e. The third kappa shape index (κ3) is 3.18. The summed E-state index contributed by atoms with van der Waals surface area (Å²) in [6.45, 7) is 0. The topological polar surface area (TPSA) is 118 Å². The Morgan fingerprint density at radius 2 is 1.84 bits per heavy atom. The first-order chi connectivity index (χ1) is 14.9. The number of Topliss-reactive ketones (excluding diaryl/α,β-unsaturated/α-hetero) is 1. The van der Waals surface area contributed by atoms with Gasteiger partial charge in [0.2, 0.25) is 0 Å². The van der Waals surface area contributed by atoms with Crippen LogP contribution >= 0.6 is 0 Å². The lowest BCUT2D eigenvalue weighted by Gasteiger charge is -2.20. The second-order valence-electron chi connectivity index (χ2n) is 7.41. The Kier molecular flexibility index (Phi) is 5.09. The van der Waals surface area contributed by atoms with Gasteiger partial charge in [0.25, 0.3) is 11.5 Å². The number of carbonyl (C=O) groups excluding carboxylic acids is 2. The van der Waals surface area contributed by atoms with Crippen molar-refractivity contribution in [3.8, 4) is 28.8 Å². The van der Waals surface area contributed by atoms with Crippen LogP contribution in [0.25, 0.3) is 16.9 Å². The Bertz CT molecular complexity index is 1210. The molecule has 1 heterocycles. The molecular weight excluding hydrogens is 394 g/mol. The zero-order valence-corrected chi connectivity index (χ0v) is 17.0. The summed E-state index contributed by atoms with van der Waals surface area (Å²) in [7, 11) is 1.57. The van der Waals surface area contributed by atoms with Crippen molar-refractivity contribution in [3.05, 3.63) is 71.4 Å². The fourth-order valence-corrected chi connectivity index (χ4v) is 4.17. The SMILES string of the molecule is COc1ccc(-n2c3c(c(C(O)(C#N)C(N)=O)c2-c2ccccc2)C(=O)CCC3)cc1. The predicted octanol–water partition coefficient (Wildman–Crippen LogP) is 2.87. The van der Waals surface area contributed by atoms with Gasteiger partial charge in [0.05, 0.1) is 12.8 Å². The minimum Gasteiger partial charge on any atom is -0.497 e. The molecule has 7 nitrogen and oxygen atoms in total. The van der Waals surface area contributed by atoms with Gasteiger partial charge in [-0.05, 0) is 42.7 Å². The number of methoxy groups -OCH3 is 1. The van der Waals surface area contributed by atoms with Crippen molar-refractivity contribution in [1.29, 1.82) is 5.26 Å². The summed E-state index contributed by atoms with van der Waals surface area (Å²) in [5, 5.41) is 20.9. The Morgan fingerprint density at radius 1 is 1.16 bits per heavy atom. The van der Waals surface area contributed by atoms with Gasteiger partial charge in [-0.2, -0.15) is 5.26 Å². The Hall–Kier alpha value is -3.89. The van der Waals surface area contributed by atoms with Gasteiger partial charge < -0.3 is 20.1 Å². The summed E-state index contributed by atoms with van der Waals surface area (Å²) in [6.07, 6.45) is 1.44. The number of ether oxygens (including phenoxy) is 1. The van der Waals surface area contributed by atoms with E-state index < -0.39 is 11.5 Å². The predicted molar refractivity (Wildman–Crippen MR) is 114 cm³/mol. The minimum atomic E-state index is -2.65. The number of benzene rings is 2. The van der Waals surface area contributed by atoms with Gasteiger partial charge in [-0.15, -0.1) is 0 Å². The second-order valence-corrected chi connectivity index (χ2v) is 7.41. The van der Waals surface area contributed by atoms with E-state index in [2.05, 4.69) is 0 Å². The van der Waals surface area contributed by atoms with Crippen LogP contribution in [0, 0.1) is 11.3 Å². The molecule has 0 fully saturated rings. The van der Waals surface area contributed by atoms with Gasteiger partial charge in [-0.25, -0.2) is 0 Å². The number of fused-ring (bicyclic) bond motifs is 1. The van der Waals surface area contributed by atoms with Crippen LogP contribution < -0.4 is 10.5 Å². The van der Waals surface area contributed by atoms with Crippen molar-refractivity contribution in [2.75, 3.05) is 7.11 Å². The van der Waals surface area contributed by atoms with E-state index in [1.165, 1.54) is 0 Å². The molecule has 4 rings (SSSR count). The summed E-state index contributed by atoms with van der Waals surface area (Å²) in [6, 6.07) is 17.9. The molecule has 1 aliphatic rings. The van der Waals surface area contributed by atoms with Crippen molar-refractivity contribution >= 4 is 11.7 Å². The molecule has 0 radical (unpaired) electrons. The Labute approximate surface area is 179 Å². The second kappa shape index (κ2) is 7.74. The monoisotopic (exact) mass is 415 g/mol. The number of aliphatic hydroxyl groups is 1. The number of amides is 1. The number of hydrogen-bond donors (Lipinski definition) is 2. The highest BCUT2D eigenvalue weighted by molar-refractivity contribution is 6.05. The molecule has 3 aromatic rings. The molecule has 1 aliphatic carbocycles. The third-order valence-corrected chi connectivity index (χ3v) is 5.62. The fraction of sp³-hybridized carbons (Fsp3) is 0.208. The van der Waals surface area contributed by atoms with Crippen LogP contribution in [0.2, 0.25) is 0 Å². The summed E-state index contributed by atoms with van der Waals surface area (Å²) < 4.78 is 7.09. The van der Waals surface area contributed by atoms with E-state index in [9.17, 15) is 20.0 Å². The van der Waals surface area contributed by atoms with E-state index in [-0.39, 0.29) is 23.3 Å². The van der Waals surface area contributed by atoms with Crippen molar-refractivity contribution < 1.29 is 19.4 Å². The Balaban J connectivity index is 2.17. The fourth-order valence-electron chi connectivity index (χ4n) is 4.17. The quantitative estimate of drug-likeness (QED) is 0.621. The number of primary amides is 1. The molecule has 0 saturated carbocycles. The highest BCUT2D eigenvalue weighted by Gasteiger charge is 2.46. The average Bonchev–Trinajstić information content (AvgIpc) is 3.16. The molecule has 1 aromatic heterocycles. The number of carbonyl (C=O) groups is 2. The van der Waals surface area contributed by atoms with E-state index in [4.69, 9.17) is 10.5 Å². The highest BCUT2D eigenvalue weighted by atomic mass is 16.5. The molecule has 1 amide bonds. The molecule has 31 heavy (non-hydrogen) atoms. The summed E-state index contributed by atoms with van der Waals surface area (Å²) in [5.41, 5.74) is 5.36. The van der Waals surface area contributed by atoms with Gasteiger partial charge >= 0.3 is 0 Å². The van der Waals surface area contributed by atoms with E-state index >= 15 is 0 Å². The highest BCUT2D eigenvalue weighted by Crippen LogP contribution is 2.43. The molecule has 1 unspecified atom stereocenters. The van der Waals surface area contributed by atoms with E-state index in [1.54, 1.807) is 49.6 Å². The first-order valence-corrected chi connectivity index (χ1v) is 9.87. The standard InChI is InChI=1S/C24H21N3O4/c1-31-17-12-10-16(11-13-17)27-18-8-5-9-19(28)20(18)21(24(30,14-25)23(26)29)22(27)15-6-3-2-4-7-15/h2-4,6-7,10-13,30H,5,8-9H2,1H3,(H2,26,29). The van der Waals surface area contributed by atoms with Gasteiger partial charge in [-0.3, -0.25) is 9.59 Å². The number of hydrogen-bond acceptors (Lipinski definition) is 5. The Morgan fingerprint density at radius 3 is 2.42 bits per heavy atom. The zero-order valence-electron chi connectivity index (χ0n) is 17.0. The number of aromatic nitrogens is 1. The first kappa shape index (κ1) is 20.4. The molecule has 0 aliphatic heterocycles. The normalized spacial score (nSPS) is 14.9. The van der Waals surface area contributed by atoms with Crippen LogP contribution in [-0.2, 0) is 16.8 Å². The molecule has 0 bridgehead atoms. The summed E-state index contributed by atoms with van der Waals surface area (Å²) in [4.78, 5) is 25.3. The lowest BCUT2D eigenvalue weighted by Crippen LogP contribution is -2.41. The van der Waals surface area contributed by atoms with Crippen LogP contribution in [-0.4, -0.2) is 28.5 Å². The van der Waals surface area contributed by atoms with Gasteiger partial charge in [0, 0.05) is 28.9 Å². The molecule has 7 heteroatoms. The van der Waals surface area contributed by atoms with Crippen molar-refractivity contribution in [1.82, 2.24) is 4.57 Å². The van der Waals surface area contributed by atoms with Gasteiger partial charge in [-0.1, -0.05) is 30.3 Å². The van der Waals surface area contributed by atoms with E-state index in [0.717, 1.165) is 0 Å². The van der Waals surface area contributed by atoms with E-state index in [1.807, 2.05) is 22.8 Å². The maximum absolute atomic E-state index is 13.0. The molecule has 1 atom stereocenters. The van der Waals surface area contributed by atoms with Gasteiger partial charge in [0.1, 0.15) is 11.8 Å². The number of nitrogens with zero attached hydrogens (tertiary/aromatic N) is 2. The summed E-state index contributed by atoms with van der Waals surface area (Å²) in [5.74, 6) is -0.788. The number of ketones is 1. The largest absolute Gasteiger partial charge is 0.497 e. The van der Waals surface area contributed by atoms with Crippen LogP contribution in [0.3, 0.4) is 0 Å². The molecular formula is C24H21N3O4.